The van der Waals surface area contributed by atoms with Gasteiger partial charge < -0.3 is 15.4 Å². The Balaban J connectivity index is 2.52. The second-order valence-electron chi connectivity index (χ2n) is 3.55. The first-order valence-corrected chi connectivity index (χ1v) is 6.52. The summed E-state index contributed by atoms with van der Waals surface area (Å²) < 4.78 is 4.71. The summed E-state index contributed by atoms with van der Waals surface area (Å²) in [6.45, 7) is 0.0176. The zero-order valence-corrected chi connectivity index (χ0v) is 11.6. The van der Waals surface area contributed by atoms with Crippen molar-refractivity contribution in [3.63, 3.8) is 0 Å². The Labute approximate surface area is 114 Å². The molecular formula is C12H15BrN2O3. The van der Waals surface area contributed by atoms with E-state index in [2.05, 4.69) is 26.6 Å². The normalized spacial score (nSPS) is 9.89. The third kappa shape index (κ3) is 5.29. The number of carbonyl (C=O) groups is 2. The minimum Gasteiger partial charge on any atom is -0.375 e. The first-order valence-electron chi connectivity index (χ1n) is 5.40. The Morgan fingerprint density at radius 2 is 1.61 bits per heavy atom. The molecule has 0 saturated heterocycles. The van der Waals surface area contributed by atoms with Gasteiger partial charge in [0.05, 0.1) is 0 Å². The molecule has 0 saturated carbocycles. The van der Waals surface area contributed by atoms with Crippen LogP contribution >= 0.6 is 15.9 Å². The van der Waals surface area contributed by atoms with E-state index >= 15 is 0 Å². The average molecular weight is 315 g/mol. The second-order valence-corrected chi connectivity index (χ2v) is 4.34. The number of nitrogens with one attached hydrogen (secondary N) is 2. The lowest BCUT2D eigenvalue weighted by molar-refractivity contribution is -0.119. The zero-order valence-electron chi connectivity index (χ0n) is 10.0. The Morgan fingerprint density at radius 3 is 2.06 bits per heavy atom. The number of hydrogen-bond acceptors (Lipinski definition) is 3. The Hall–Kier alpha value is -1.40. The quantitative estimate of drug-likeness (QED) is 0.789. The SMILES string of the molecule is COCC(=O)Nc1ccc(NC(=O)CCBr)cc1. The molecule has 1 rings (SSSR count). The molecule has 0 aliphatic carbocycles. The predicted octanol–water partition coefficient (Wildman–Crippen LogP) is 1.99. The topological polar surface area (TPSA) is 67.4 Å². The highest BCUT2D eigenvalue weighted by Gasteiger charge is 2.03. The van der Waals surface area contributed by atoms with Crippen molar-refractivity contribution < 1.29 is 14.3 Å². The molecule has 2 N–H and O–H groups in total. The number of ether oxygens (including phenoxy) is 1. The molecule has 0 aliphatic rings. The van der Waals surface area contributed by atoms with Crippen molar-refractivity contribution in [2.75, 3.05) is 29.7 Å². The van der Waals surface area contributed by atoms with Gasteiger partial charge >= 0.3 is 0 Å². The monoisotopic (exact) mass is 314 g/mol. The van der Waals surface area contributed by atoms with E-state index in [1.54, 1.807) is 24.3 Å². The molecular weight excluding hydrogens is 300 g/mol. The van der Waals surface area contributed by atoms with Gasteiger partial charge in [0.1, 0.15) is 6.61 Å². The number of carbonyl (C=O) groups excluding carboxylic acids is 2. The summed E-state index contributed by atoms with van der Waals surface area (Å²) in [5.41, 5.74) is 1.36. The smallest absolute Gasteiger partial charge is 0.250 e. The molecule has 6 heteroatoms. The van der Waals surface area contributed by atoms with Gasteiger partial charge in [-0.25, -0.2) is 0 Å². The Bertz CT molecular complexity index is 367. The highest BCUT2D eigenvalue weighted by Crippen LogP contribution is 2.13. The number of anilines is 2. The Kier molecular flexibility index (Phi) is 6.38. The summed E-state index contributed by atoms with van der Waals surface area (Å²) in [5, 5.41) is 6.04. The number of rotatable bonds is 6. The van der Waals surface area contributed by atoms with Crippen LogP contribution < -0.4 is 10.6 Å². The van der Waals surface area contributed by atoms with E-state index in [-0.39, 0.29) is 18.4 Å². The third-order valence-electron chi connectivity index (χ3n) is 2.05. The molecule has 0 atom stereocenters. The fourth-order valence-electron chi connectivity index (χ4n) is 1.27. The summed E-state index contributed by atoms with van der Waals surface area (Å²) in [5.74, 6) is -0.267. The highest BCUT2D eigenvalue weighted by atomic mass is 79.9. The van der Waals surface area contributed by atoms with Gasteiger partial charge in [-0.1, -0.05) is 15.9 Å². The minimum absolute atomic E-state index is 0.0176. The summed E-state index contributed by atoms with van der Waals surface area (Å²) in [4.78, 5) is 22.6. The van der Waals surface area contributed by atoms with E-state index in [1.165, 1.54) is 7.11 Å². The van der Waals surface area contributed by atoms with Crippen LogP contribution in [0.15, 0.2) is 24.3 Å². The number of amides is 2. The van der Waals surface area contributed by atoms with E-state index in [1.807, 2.05) is 0 Å². The molecule has 0 unspecified atom stereocenters. The lowest BCUT2D eigenvalue weighted by atomic mass is 10.2. The van der Waals surface area contributed by atoms with Crippen molar-refractivity contribution in [2.24, 2.45) is 0 Å². The number of alkyl halides is 1. The molecule has 0 radical (unpaired) electrons. The first kappa shape index (κ1) is 14.7. The molecule has 2 amide bonds. The van der Waals surface area contributed by atoms with Gasteiger partial charge in [0.2, 0.25) is 11.8 Å². The number of hydrogen-bond donors (Lipinski definition) is 2. The number of benzene rings is 1. The van der Waals surface area contributed by atoms with E-state index in [0.29, 0.717) is 23.1 Å². The third-order valence-corrected chi connectivity index (χ3v) is 2.45. The van der Waals surface area contributed by atoms with Crippen molar-refractivity contribution in [3.05, 3.63) is 24.3 Å². The van der Waals surface area contributed by atoms with Crippen molar-refractivity contribution in [1.82, 2.24) is 0 Å². The maximum atomic E-state index is 11.3. The number of methoxy groups -OCH3 is 1. The van der Waals surface area contributed by atoms with E-state index < -0.39 is 0 Å². The van der Waals surface area contributed by atoms with Gasteiger partial charge in [-0.3, -0.25) is 9.59 Å². The van der Waals surface area contributed by atoms with Crippen LogP contribution in [0.2, 0.25) is 0 Å². The molecule has 0 aliphatic heterocycles. The standard InChI is InChI=1S/C12H15BrN2O3/c1-18-8-12(17)15-10-4-2-9(3-5-10)14-11(16)6-7-13/h2-5H,6-8H2,1H3,(H,14,16)(H,15,17). The van der Waals surface area contributed by atoms with Crippen LogP contribution in [0.1, 0.15) is 6.42 Å². The zero-order chi connectivity index (χ0) is 13.4. The van der Waals surface area contributed by atoms with Crippen molar-refractivity contribution >= 4 is 39.1 Å². The summed E-state index contributed by atoms with van der Waals surface area (Å²) in [6, 6.07) is 6.90. The molecule has 1 aromatic carbocycles. The fourth-order valence-corrected chi connectivity index (χ4v) is 1.63. The number of halogens is 1. The molecule has 0 bridgehead atoms. The van der Waals surface area contributed by atoms with Crippen molar-refractivity contribution in [2.45, 2.75) is 6.42 Å². The van der Waals surface area contributed by atoms with E-state index in [4.69, 9.17) is 4.74 Å². The lowest BCUT2D eigenvalue weighted by Gasteiger charge is -2.07. The van der Waals surface area contributed by atoms with Crippen LogP contribution in [0.4, 0.5) is 11.4 Å². The molecule has 98 valence electrons. The van der Waals surface area contributed by atoms with Crippen LogP contribution in [0.5, 0.6) is 0 Å². The van der Waals surface area contributed by atoms with Gasteiger partial charge in [-0.05, 0) is 24.3 Å². The Morgan fingerprint density at radius 1 is 1.11 bits per heavy atom. The summed E-state index contributed by atoms with van der Waals surface area (Å²) >= 11 is 3.20. The van der Waals surface area contributed by atoms with Crippen LogP contribution in [0.25, 0.3) is 0 Å². The fraction of sp³-hybridized carbons (Fsp3) is 0.333. The van der Waals surface area contributed by atoms with Gasteiger partial charge in [0.15, 0.2) is 0 Å². The minimum atomic E-state index is -0.214. The molecule has 0 spiro atoms. The van der Waals surface area contributed by atoms with Crippen LogP contribution in [0.3, 0.4) is 0 Å². The lowest BCUT2D eigenvalue weighted by Crippen LogP contribution is -2.17. The molecule has 1 aromatic rings. The van der Waals surface area contributed by atoms with Gasteiger partial charge in [0, 0.05) is 30.2 Å². The molecule has 0 fully saturated rings. The van der Waals surface area contributed by atoms with Gasteiger partial charge in [-0.15, -0.1) is 0 Å². The van der Waals surface area contributed by atoms with Crippen molar-refractivity contribution in [1.29, 1.82) is 0 Å². The van der Waals surface area contributed by atoms with Crippen LogP contribution in [-0.4, -0.2) is 30.9 Å². The highest BCUT2D eigenvalue weighted by molar-refractivity contribution is 9.09. The second kappa shape index (κ2) is 7.84. The first-order chi connectivity index (χ1) is 8.65. The predicted molar refractivity (Wildman–Crippen MR) is 74.0 cm³/mol. The van der Waals surface area contributed by atoms with Gasteiger partial charge in [-0.2, -0.15) is 0 Å². The van der Waals surface area contributed by atoms with Crippen molar-refractivity contribution in [3.8, 4) is 0 Å². The van der Waals surface area contributed by atoms with Gasteiger partial charge in [0.25, 0.3) is 0 Å². The van der Waals surface area contributed by atoms with Crippen LogP contribution in [-0.2, 0) is 14.3 Å². The van der Waals surface area contributed by atoms with E-state index in [0.717, 1.165) is 0 Å². The maximum Gasteiger partial charge on any atom is 0.250 e. The largest absolute Gasteiger partial charge is 0.375 e. The van der Waals surface area contributed by atoms with Crippen LogP contribution in [0, 0.1) is 0 Å². The maximum absolute atomic E-state index is 11.3. The molecule has 0 heterocycles. The average Bonchev–Trinajstić information content (AvgIpc) is 2.32. The summed E-state index contributed by atoms with van der Waals surface area (Å²) in [6.07, 6.45) is 0.423. The molecule has 5 nitrogen and oxygen atoms in total. The molecule has 18 heavy (non-hydrogen) atoms. The summed E-state index contributed by atoms with van der Waals surface area (Å²) in [7, 11) is 1.46. The molecule has 0 aromatic heterocycles. The van der Waals surface area contributed by atoms with E-state index in [9.17, 15) is 9.59 Å².